The molecule has 2 rings (SSSR count). The van der Waals surface area contributed by atoms with E-state index in [1.165, 1.54) is 18.4 Å². The third-order valence-corrected chi connectivity index (χ3v) is 3.77. The van der Waals surface area contributed by atoms with Gasteiger partial charge in [-0.1, -0.05) is 13.8 Å². The number of aromatic nitrogens is 1. The zero-order chi connectivity index (χ0) is 12.8. The highest BCUT2D eigenvalue weighted by Gasteiger charge is 2.30. The molecule has 1 aliphatic rings. The topological polar surface area (TPSA) is 34.1 Å². The first-order chi connectivity index (χ1) is 8.83. The maximum absolute atomic E-state index is 5.88. The standard InChI is InChI=1S/C15H24N2O/c1-3-8-17-15(14-5-4-11-18-14)12(2)13-6-9-16-10-7-13/h6-7,9-10,12,14-15,17H,3-5,8,11H2,1-2H3. The number of hydrogen-bond donors (Lipinski definition) is 1. The molecule has 1 N–H and O–H groups in total. The average molecular weight is 248 g/mol. The summed E-state index contributed by atoms with van der Waals surface area (Å²) < 4.78 is 5.88. The van der Waals surface area contributed by atoms with Crippen LogP contribution in [-0.4, -0.2) is 30.3 Å². The Bertz CT molecular complexity index is 336. The molecule has 0 aromatic carbocycles. The molecule has 1 aliphatic heterocycles. The lowest BCUT2D eigenvalue weighted by atomic mass is 9.89. The van der Waals surface area contributed by atoms with Gasteiger partial charge >= 0.3 is 0 Å². The Morgan fingerprint density at radius 2 is 2.22 bits per heavy atom. The van der Waals surface area contributed by atoms with Gasteiger partial charge in [-0.2, -0.15) is 0 Å². The molecule has 1 aromatic rings. The Morgan fingerprint density at radius 3 is 2.83 bits per heavy atom. The first kappa shape index (κ1) is 13.5. The summed E-state index contributed by atoms with van der Waals surface area (Å²) >= 11 is 0. The van der Waals surface area contributed by atoms with Gasteiger partial charge in [-0.05, 0) is 49.4 Å². The van der Waals surface area contributed by atoms with E-state index in [2.05, 4.69) is 36.3 Å². The SMILES string of the molecule is CCCNC(C1CCCO1)C(C)c1ccncc1. The van der Waals surface area contributed by atoms with E-state index in [1.807, 2.05) is 12.4 Å². The maximum Gasteiger partial charge on any atom is 0.0734 e. The van der Waals surface area contributed by atoms with Gasteiger partial charge in [0.15, 0.2) is 0 Å². The van der Waals surface area contributed by atoms with Crippen molar-refractivity contribution < 1.29 is 4.74 Å². The van der Waals surface area contributed by atoms with Crippen LogP contribution in [0.3, 0.4) is 0 Å². The van der Waals surface area contributed by atoms with E-state index in [0.29, 0.717) is 18.1 Å². The molecule has 2 heterocycles. The highest BCUT2D eigenvalue weighted by Crippen LogP contribution is 2.27. The molecule has 3 unspecified atom stereocenters. The zero-order valence-electron chi connectivity index (χ0n) is 11.4. The van der Waals surface area contributed by atoms with Crippen LogP contribution in [0.4, 0.5) is 0 Å². The van der Waals surface area contributed by atoms with Crippen LogP contribution in [0, 0.1) is 0 Å². The number of nitrogens with zero attached hydrogens (tertiary/aromatic N) is 1. The van der Waals surface area contributed by atoms with Crippen LogP contribution >= 0.6 is 0 Å². The van der Waals surface area contributed by atoms with Gasteiger partial charge in [0.25, 0.3) is 0 Å². The number of rotatable bonds is 6. The summed E-state index contributed by atoms with van der Waals surface area (Å²) in [4.78, 5) is 4.10. The molecule has 1 saturated heterocycles. The molecule has 3 atom stereocenters. The van der Waals surface area contributed by atoms with Crippen LogP contribution < -0.4 is 5.32 Å². The first-order valence-electron chi connectivity index (χ1n) is 7.08. The van der Waals surface area contributed by atoms with Crippen molar-refractivity contribution in [1.82, 2.24) is 10.3 Å². The molecule has 100 valence electrons. The highest BCUT2D eigenvalue weighted by molar-refractivity contribution is 5.18. The van der Waals surface area contributed by atoms with Gasteiger partial charge in [0.05, 0.1) is 6.10 Å². The van der Waals surface area contributed by atoms with Crippen molar-refractivity contribution in [1.29, 1.82) is 0 Å². The lowest BCUT2D eigenvalue weighted by molar-refractivity contribution is 0.0710. The van der Waals surface area contributed by atoms with E-state index in [4.69, 9.17) is 4.74 Å². The first-order valence-corrected chi connectivity index (χ1v) is 7.08. The van der Waals surface area contributed by atoms with Crippen LogP contribution in [0.2, 0.25) is 0 Å². The van der Waals surface area contributed by atoms with Crippen molar-refractivity contribution in [2.45, 2.75) is 51.2 Å². The lowest BCUT2D eigenvalue weighted by Crippen LogP contribution is -2.43. The Hall–Kier alpha value is -0.930. The van der Waals surface area contributed by atoms with Gasteiger partial charge in [0, 0.05) is 25.0 Å². The number of nitrogens with one attached hydrogen (secondary N) is 1. The van der Waals surface area contributed by atoms with Crippen molar-refractivity contribution in [3.8, 4) is 0 Å². The second kappa shape index (κ2) is 6.86. The fourth-order valence-corrected chi connectivity index (χ4v) is 2.70. The molecule has 1 fully saturated rings. The van der Waals surface area contributed by atoms with Crippen molar-refractivity contribution in [2.75, 3.05) is 13.2 Å². The average Bonchev–Trinajstić information content (AvgIpc) is 2.94. The molecular formula is C15H24N2O. The smallest absolute Gasteiger partial charge is 0.0734 e. The molecule has 0 radical (unpaired) electrons. The van der Waals surface area contributed by atoms with E-state index >= 15 is 0 Å². The lowest BCUT2D eigenvalue weighted by Gasteiger charge is -2.30. The van der Waals surface area contributed by atoms with Crippen molar-refractivity contribution >= 4 is 0 Å². The Morgan fingerprint density at radius 1 is 1.44 bits per heavy atom. The predicted molar refractivity (Wildman–Crippen MR) is 73.7 cm³/mol. The summed E-state index contributed by atoms with van der Waals surface area (Å²) in [5, 5.41) is 3.66. The molecular weight excluding hydrogens is 224 g/mol. The van der Waals surface area contributed by atoms with E-state index in [9.17, 15) is 0 Å². The number of hydrogen-bond acceptors (Lipinski definition) is 3. The van der Waals surface area contributed by atoms with E-state index in [-0.39, 0.29) is 0 Å². The van der Waals surface area contributed by atoms with Gasteiger partial charge in [-0.15, -0.1) is 0 Å². The molecule has 3 heteroatoms. The molecule has 3 nitrogen and oxygen atoms in total. The van der Waals surface area contributed by atoms with Crippen molar-refractivity contribution in [2.24, 2.45) is 0 Å². The summed E-state index contributed by atoms with van der Waals surface area (Å²) in [7, 11) is 0. The minimum atomic E-state index is 0.361. The van der Waals surface area contributed by atoms with Gasteiger partial charge < -0.3 is 10.1 Å². The summed E-state index contributed by atoms with van der Waals surface area (Å²) in [5.74, 6) is 0.461. The second-order valence-corrected chi connectivity index (χ2v) is 5.10. The molecule has 0 spiro atoms. The summed E-state index contributed by atoms with van der Waals surface area (Å²) in [6.45, 7) is 6.46. The minimum absolute atomic E-state index is 0.361. The predicted octanol–water partition coefficient (Wildman–Crippen LogP) is 2.73. The van der Waals surface area contributed by atoms with E-state index in [1.54, 1.807) is 0 Å². The number of pyridine rings is 1. The van der Waals surface area contributed by atoms with E-state index < -0.39 is 0 Å². The Balaban J connectivity index is 2.07. The normalized spacial score (nSPS) is 22.9. The molecule has 0 saturated carbocycles. The molecule has 18 heavy (non-hydrogen) atoms. The Labute approximate surface area is 110 Å². The molecule has 0 amide bonds. The third-order valence-electron chi connectivity index (χ3n) is 3.77. The third kappa shape index (κ3) is 3.30. The maximum atomic E-state index is 5.88. The van der Waals surface area contributed by atoms with Crippen LogP contribution in [0.1, 0.15) is 44.6 Å². The minimum Gasteiger partial charge on any atom is -0.377 e. The van der Waals surface area contributed by atoms with Crippen LogP contribution in [0.5, 0.6) is 0 Å². The van der Waals surface area contributed by atoms with Crippen LogP contribution in [0.15, 0.2) is 24.5 Å². The molecule has 0 bridgehead atoms. The van der Waals surface area contributed by atoms with Gasteiger partial charge in [0.2, 0.25) is 0 Å². The van der Waals surface area contributed by atoms with Gasteiger partial charge in [0.1, 0.15) is 0 Å². The van der Waals surface area contributed by atoms with Crippen LogP contribution in [-0.2, 0) is 4.74 Å². The monoisotopic (exact) mass is 248 g/mol. The summed E-state index contributed by atoms with van der Waals surface area (Å²) in [6.07, 6.45) is 7.64. The van der Waals surface area contributed by atoms with Gasteiger partial charge in [-0.3, -0.25) is 4.98 Å². The quantitative estimate of drug-likeness (QED) is 0.840. The largest absolute Gasteiger partial charge is 0.377 e. The molecule has 1 aromatic heterocycles. The summed E-state index contributed by atoms with van der Waals surface area (Å²) in [6, 6.07) is 4.63. The fourth-order valence-electron chi connectivity index (χ4n) is 2.70. The Kier molecular flexibility index (Phi) is 5.14. The molecule has 0 aliphatic carbocycles. The zero-order valence-corrected chi connectivity index (χ0v) is 11.4. The van der Waals surface area contributed by atoms with Crippen molar-refractivity contribution in [3.05, 3.63) is 30.1 Å². The second-order valence-electron chi connectivity index (χ2n) is 5.10. The van der Waals surface area contributed by atoms with Crippen molar-refractivity contribution in [3.63, 3.8) is 0 Å². The number of ether oxygens (including phenoxy) is 1. The summed E-state index contributed by atoms with van der Waals surface area (Å²) in [5.41, 5.74) is 1.34. The van der Waals surface area contributed by atoms with E-state index in [0.717, 1.165) is 19.6 Å². The van der Waals surface area contributed by atoms with Gasteiger partial charge in [-0.25, -0.2) is 0 Å². The fraction of sp³-hybridized carbons (Fsp3) is 0.667. The highest BCUT2D eigenvalue weighted by atomic mass is 16.5. The van der Waals surface area contributed by atoms with Crippen LogP contribution in [0.25, 0.3) is 0 Å².